The molecule has 98 valence electrons. The summed E-state index contributed by atoms with van der Waals surface area (Å²) in [5.41, 5.74) is 0.392. The molecule has 0 atom stereocenters. The Morgan fingerprint density at radius 1 is 1.32 bits per heavy atom. The molecule has 1 aliphatic heterocycles. The number of carboxylic acids is 1. The quantitative estimate of drug-likeness (QED) is 0.814. The van der Waals surface area contributed by atoms with Gasteiger partial charge < -0.3 is 10.2 Å². The zero-order chi connectivity index (χ0) is 14.0. The molecule has 6 nitrogen and oxygen atoms in total. The van der Waals surface area contributed by atoms with E-state index in [1.165, 1.54) is 12.1 Å². The van der Waals surface area contributed by atoms with Crippen molar-refractivity contribution < 1.29 is 24.6 Å². The number of amides is 2. The molecule has 0 aliphatic carbocycles. The number of hydrogen-bond acceptors (Lipinski definition) is 5. The number of phenols is 1. The minimum atomic E-state index is -1.26. The fourth-order valence-corrected chi connectivity index (χ4v) is 2.35. The van der Waals surface area contributed by atoms with Crippen LogP contribution in [0.25, 0.3) is 6.08 Å². The van der Waals surface area contributed by atoms with E-state index in [1.807, 2.05) is 0 Å². The molecule has 0 bridgehead atoms. The van der Waals surface area contributed by atoms with E-state index in [0.29, 0.717) is 22.2 Å². The fourth-order valence-electron chi connectivity index (χ4n) is 1.52. The van der Waals surface area contributed by atoms with Gasteiger partial charge in [-0.2, -0.15) is 0 Å². The van der Waals surface area contributed by atoms with Gasteiger partial charge in [0.2, 0.25) is 0 Å². The first-order chi connectivity index (χ1) is 8.99. The van der Waals surface area contributed by atoms with E-state index in [0.717, 1.165) is 0 Å². The van der Waals surface area contributed by atoms with Crippen LogP contribution in [-0.4, -0.2) is 38.8 Å². The molecule has 2 N–H and O–H groups in total. The average molecular weight is 279 g/mol. The summed E-state index contributed by atoms with van der Waals surface area (Å²) in [4.78, 5) is 34.6. The number of carbonyl (C=O) groups excluding carboxylic acids is 2. The second-order valence-electron chi connectivity index (χ2n) is 3.72. The van der Waals surface area contributed by atoms with E-state index in [-0.39, 0.29) is 10.7 Å². The summed E-state index contributed by atoms with van der Waals surface area (Å²) in [6.07, 6.45) is 1.36. The lowest BCUT2D eigenvalue weighted by Crippen LogP contribution is -2.33. The van der Waals surface area contributed by atoms with Crippen LogP contribution in [0.3, 0.4) is 0 Å². The van der Waals surface area contributed by atoms with Crippen LogP contribution in [0.4, 0.5) is 4.79 Å². The topological polar surface area (TPSA) is 94.9 Å². The highest BCUT2D eigenvalue weighted by molar-refractivity contribution is 8.18. The number of carboxylic acid groups (broad SMARTS) is 1. The van der Waals surface area contributed by atoms with Gasteiger partial charge in [0, 0.05) is 5.56 Å². The van der Waals surface area contributed by atoms with Gasteiger partial charge in [0.1, 0.15) is 12.3 Å². The summed E-state index contributed by atoms with van der Waals surface area (Å²) < 4.78 is 0. The van der Waals surface area contributed by atoms with Crippen LogP contribution in [0.15, 0.2) is 29.2 Å². The van der Waals surface area contributed by atoms with Crippen molar-refractivity contribution in [3.05, 3.63) is 34.7 Å². The Bertz CT molecular complexity index is 596. The number of benzene rings is 1. The van der Waals surface area contributed by atoms with E-state index >= 15 is 0 Å². The van der Waals surface area contributed by atoms with Crippen molar-refractivity contribution in [2.24, 2.45) is 0 Å². The predicted molar refractivity (Wildman–Crippen MR) is 68.4 cm³/mol. The van der Waals surface area contributed by atoms with E-state index in [9.17, 15) is 19.5 Å². The third-order valence-corrected chi connectivity index (χ3v) is 3.30. The monoisotopic (exact) mass is 279 g/mol. The molecular weight excluding hydrogens is 270 g/mol. The van der Waals surface area contributed by atoms with Crippen molar-refractivity contribution in [2.75, 3.05) is 6.54 Å². The molecule has 1 fully saturated rings. The van der Waals surface area contributed by atoms with Gasteiger partial charge in [-0.05, 0) is 23.9 Å². The van der Waals surface area contributed by atoms with Gasteiger partial charge >= 0.3 is 5.97 Å². The molecule has 2 rings (SSSR count). The Hall–Kier alpha value is -2.28. The first-order valence-corrected chi connectivity index (χ1v) is 6.06. The number of hydrogen-bond donors (Lipinski definition) is 2. The Morgan fingerprint density at radius 2 is 2.00 bits per heavy atom. The Balaban J connectivity index is 2.28. The van der Waals surface area contributed by atoms with Crippen molar-refractivity contribution in [1.82, 2.24) is 4.90 Å². The number of carbonyl (C=O) groups is 3. The standard InChI is InChI=1S/C12H9NO5S/c14-8-4-2-1-3-7(8)5-9-11(17)13(6-10(15)16)12(18)19-9/h1-5,14H,6H2,(H,15,16). The highest BCUT2D eigenvalue weighted by atomic mass is 32.2. The zero-order valence-electron chi connectivity index (χ0n) is 9.57. The summed E-state index contributed by atoms with van der Waals surface area (Å²) in [5.74, 6) is -1.95. The molecule has 1 aromatic rings. The number of phenolic OH excluding ortho intramolecular Hbond substituents is 1. The van der Waals surface area contributed by atoms with Gasteiger partial charge in [-0.3, -0.25) is 19.3 Å². The molecule has 1 aliphatic rings. The van der Waals surface area contributed by atoms with Crippen LogP contribution in [0.1, 0.15) is 5.56 Å². The van der Waals surface area contributed by atoms with E-state index in [1.54, 1.807) is 18.2 Å². The van der Waals surface area contributed by atoms with Crippen LogP contribution in [0.2, 0.25) is 0 Å². The molecule has 1 saturated heterocycles. The highest BCUT2D eigenvalue weighted by Gasteiger charge is 2.36. The largest absolute Gasteiger partial charge is 0.507 e. The molecule has 0 saturated carbocycles. The third kappa shape index (κ3) is 2.76. The first-order valence-electron chi connectivity index (χ1n) is 5.24. The van der Waals surface area contributed by atoms with E-state index in [2.05, 4.69) is 0 Å². The SMILES string of the molecule is O=C(O)CN1C(=O)SC(=Cc2ccccc2O)C1=O. The van der Waals surface area contributed by atoms with E-state index in [4.69, 9.17) is 5.11 Å². The maximum Gasteiger partial charge on any atom is 0.323 e. The summed E-state index contributed by atoms with van der Waals surface area (Å²) in [5, 5.41) is 17.6. The molecule has 0 unspecified atom stereocenters. The minimum absolute atomic E-state index is 0.0208. The molecule has 1 heterocycles. The van der Waals surface area contributed by atoms with Crippen molar-refractivity contribution in [3.63, 3.8) is 0 Å². The highest BCUT2D eigenvalue weighted by Crippen LogP contribution is 2.33. The average Bonchev–Trinajstić information content (AvgIpc) is 2.60. The summed E-state index contributed by atoms with van der Waals surface area (Å²) in [6.45, 7) is -0.664. The van der Waals surface area contributed by atoms with Crippen LogP contribution in [-0.2, 0) is 9.59 Å². The first kappa shape index (κ1) is 13.2. The van der Waals surface area contributed by atoms with Gasteiger partial charge in [0.25, 0.3) is 11.1 Å². The minimum Gasteiger partial charge on any atom is -0.507 e. The van der Waals surface area contributed by atoms with Crippen molar-refractivity contribution >= 4 is 35.0 Å². The smallest absolute Gasteiger partial charge is 0.323 e. The number of para-hydroxylation sites is 1. The Morgan fingerprint density at radius 3 is 2.63 bits per heavy atom. The lowest BCUT2D eigenvalue weighted by Gasteiger charge is -2.07. The summed E-state index contributed by atoms with van der Waals surface area (Å²) in [7, 11) is 0. The number of aromatic hydroxyl groups is 1. The predicted octanol–water partition coefficient (Wildman–Crippen LogP) is 1.51. The normalized spacial score (nSPS) is 17.3. The van der Waals surface area contributed by atoms with Crippen LogP contribution in [0, 0.1) is 0 Å². The molecule has 1 aromatic carbocycles. The fraction of sp³-hybridized carbons (Fsp3) is 0.0833. The Labute approximate surface area is 112 Å². The number of rotatable bonds is 3. The number of nitrogens with zero attached hydrogens (tertiary/aromatic N) is 1. The van der Waals surface area contributed by atoms with Gasteiger partial charge in [-0.25, -0.2) is 0 Å². The lowest BCUT2D eigenvalue weighted by atomic mass is 10.2. The van der Waals surface area contributed by atoms with Crippen molar-refractivity contribution in [1.29, 1.82) is 0 Å². The van der Waals surface area contributed by atoms with Gasteiger partial charge in [0.15, 0.2) is 0 Å². The lowest BCUT2D eigenvalue weighted by molar-refractivity contribution is -0.140. The second-order valence-corrected chi connectivity index (χ2v) is 4.71. The van der Waals surface area contributed by atoms with Gasteiger partial charge in [-0.15, -0.1) is 0 Å². The van der Waals surface area contributed by atoms with Gasteiger partial charge in [0.05, 0.1) is 4.91 Å². The van der Waals surface area contributed by atoms with Crippen LogP contribution >= 0.6 is 11.8 Å². The molecule has 0 aromatic heterocycles. The van der Waals surface area contributed by atoms with E-state index < -0.39 is 23.7 Å². The molecule has 7 heteroatoms. The van der Waals surface area contributed by atoms with Gasteiger partial charge in [-0.1, -0.05) is 18.2 Å². The molecular formula is C12H9NO5S. The molecule has 19 heavy (non-hydrogen) atoms. The van der Waals surface area contributed by atoms with Crippen molar-refractivity contribution in [2.45, 2.75) is 0 Å². The Kier molecular flexibility index (Phi) is 3.57. The molecule has 2 amide bonds. The summed E-state index contributed by atoms with van der Waals surface area (Å²) in [6, 6.07) is 6.34. The maximum atomic E-state index is 11.8. The van der Waals surface area contributed by atoms with Crippen LogP contribution < -0.4 is 0 Å². The molecule has 0 radical (unpaired) electrons. The number of imide groups is 1. The van der Waals surface area contributed by atoms with Crippen molar-refractivity contribution in [3.8, 4) is 5.75 Å². The zero-order valence-corrected chi connectivity index (χ0v) is 10.4. The molecule has 0 spiro atoms. The van der Waals surface area contributed by atoms with Crippen LogP contribution in [0.5, 0.6) is 5.75 Å². The number of aliphatic carboxylic acids is 1. The maximum absolute atomic E-state index is 11.8. The number of thioether (sulfide) groups is 1. The third-order valence-electron chi connectivity index (χ3n) is 2.39. The summed E-state index contributed by atoms with van der Waals surface area (Å²) >= 11 is 0.651. The second kappa shape index (κ2) is 5.15.